The summed E-state index contributed by atoms with van der Waals surface area (Å²) >= 11 is 0. The van der Waals surface area contributed by atoms with E-state index in [-0.39, 0.29) is 17.4 Å². The predicted octanol–water partition coefficient (Wildman–Crippen LogP) is 3.05. The van der Waals surface area contributed by atoms with Gasteiger partial charge in [-0.1, -0.05) is 18.2 Å². The highest BCUT2D eigenvalue weighted by atomic mass is 16.5. The number of hydrogen-bond acceptors (Lipinski definition) is 7. The second kappa shape index (κ2) is 8.75. The number of aromatic amines is 1. The van der Waals surface area contributed by atoms with E-state index in [1.54, 1.807) is 24.4 Å². The number of carbonyl (C=O) groups is 1. The summed E-state index contributed by atoms with van der Waals surface area (Å²) in [5, 5.41) is 0.918. The zero-order valence-electron chi connectivity index (χ0n) is 19.4. The molecule has 0 radical (unpaired) electrons. The lowest BCUT2D eigenvalue weighted by atomic mass is 10.0. The number of amides is 1. The predicted molar refractivity (Wildman–Crippen MR) is 132 cm³/mol. The van der Waals surface area contributed by atoms with Gasteiger partial charge in [0.1, 0.15) is 11.4 Å². The van der Waals surface area contributed by atoms with Gasteiger partial charge in [0.2, 0.25) is 0 Å². The van der Waals surface area contributed by atoms with Crippen LogP contribution in [-0.2, 0) is 0 Å². The number of nitrogens with one attached hydrogen (secondary N) is 1. The number of nitrogen functional groups attached to an aromatic ring is 1. The highest BCUT2D eigenvalue weighted by molar-refractivity contribution is 5.98. The Morgan fingerprint density at radius 3 is 2.79 bits per heavy atom. The molecule has 0 saturated carbocycles. The Bertz CT molecular complexity index is 1360. The molecule has 1 saturated heterocycles. The Balaban J connectivity index is 1.51. The van der Waals surface area contributed by atoms with E-state index in [2.05, 4.69) is 24.8 Å². The van der Waals surface area contributed by atoms with E-state index in [9.17, 15) is 4.79 Å². The fourth-order valence-electron chi connectivity index (χ4n) is 4.43. The number of ether oxygens (including phenoxy) is 1. The van der Waals surface area contributed by atoms with Gasteiger partial charge in [-0.3, -0.25) is 4.79 Å². The van der Waals surface area contributed by atoms with Gasteiger partial charge in [-0.2, -0.15) is 0 Å². The first kappa shape index (κ1) is 21.8. The van der Waals surface area contributed by atoms with Crippen molar-refractivity contribution in [2.75, 3.05) is 40.0 Å². The van der Waals surface area contributed by atoms with Gasteiger partial charge in [-0.15, -0.1) is 0 Å². The number of hydrogen-bond donors (Lipinski definition) is 2. The standard InChI is InChI=1S/C25H27N7O2/c1-31(2)16-8-9-32(14-16)25(33)22-23(26)27-13-20(30-22)15-10-18-19(12-29-24(18)28-11-15)17-6-4-5-7-21(17)34-3/h4-7,10-13,16H,8-9,14H2,1-3H3,(H2,26,27)(H,28,29). The van der Waals surface area contributed by atoms with Crippen LogP contribution in [-0.4, -0.2) is 76.0 Å². The second-order valence-electron chi connectivity index (χ2n) is 8.67. The quantitative estimate of drug-likeness (QED) is 0.473. The molecule has 3 N–H and O–H groups in total. The maximum Gasteiger partial charge on any atom is 0.276 e. The fourth-order valence-corrected chi connectivity index (χ4v) is 4.43. The number of anilines is 1. The summed E-state index contributed by atoms with van der Waals surface area (Å²) in [6.45, 7) is 1.32. The number of likely N-dealkylation sites (N-methyl/N-ethyl adjacent to an activating group) is 1. The first-order chi connectivity index (χ1) is 16.5. The lowest BCUT2D eigenvalue weighted by Crippen LogP contribution is -2.35. The number of H-pyrrole nitrogens is 1. The molecule has 9 heteroatoms. The number of fused-ring (bicyclic) bond motifs is 1. The summed E-state index contributed by atoms with van der Waals surface area (Å²) in [6, 6.07) is 10.2. The topological polar surface area (TPSA) is 113 Å². The molecule has 3 aromatic heterocycles. The molecule has 1 amide bonds. The first-order valence-corrected chi connectivity index (χ1v) is 11.2. The van der Waals surface area contributed by atoms with Crippen molar-refractivity contribution in [3.05, 3.63) is 54.6 Å². The molecule has 174 valence electrons. The molecule has 1 atom stereocenters. The van der Waals surface area contributed by atoms with Crippen molar-refractivity contribution in [2.45, 2.75) is 12.5 Å². The minimum absolute atomic E-state index is 0.132. The number of carbonyl (C=O) groups excluding carboxylic acids is 1. The number of aromatic nitrogens is 4. The molecule has 9 nitrogen and oxygen atoms in total. The van der Waals surface area contributed by atoms with E-state index in [4.69, 9.17) is 10.5 Å². The van der Waals surface area contributed by atoms with E-state index in [0.29, 0.717) is 24.8 Å². The summed E-state index contributed by atoms with van der Waals surface area (Å²) in [5.74, 6) is 0.713. The number of nitrogens with zero attached hydrogens (tertiary/aromatic N) is 5. The summed E-state index contributed by atoms with van der Waals surface area (Å²) < 4.78 is 5.54. The largest absolute Gasteiger partial charge is 0.496 e. The third kappa shape index (κ3) is 3.84. The number of para-hydroxylation sites is 1. The lowest BCUT2D eigenvalue weighted by molar-refractivity contribution is 0.0778. The molecule has 5 rings (SSSR count). The maximum absolute atomic E-state index is 13.2. The minimum atomic E-state index is -0.193. The molecular formula is C25H27N7O2. The van der Waals surface area contributed by atoms with Gasteiger partial charge in [0.25, 0.3) is 5.91 Å². The van der Waals surface area contributed by atoms with E-state index in [1.807, 2.05) is 50.6 Å². The van der Waals surface area contributed by atoms with Crippen molar-refractivity contribution >= 4 is 22.8 Å². The third-order valence-electron chi connectivity index (χ3n) is 6.41. The zero-order chi connectivity index (χ0) is 23.8. The lowest BCUT2D eigenvalue weighted by Gasteiger charge is -2.20. The van der Waals surface area contributed by atoms with Gasteiger partial charge in [0.15, 0.2) is 11.5 Å². The molecule has 0 spiro atoms. The molecule has 0 bridgehead atoms. The van der Waals surface area contributed by atoms with E-state index < -0.39 is 0 Å². The van der Waals surface area contributed by atoms with Crippen LogP contribution in [0.5, 0.6) is 5.75 Å². The van der Waals surface area contributed by atoms with Gasteiger partial charge >= 0.3 is 0 Å². The van der Waals surface area contributed by atoms with E-state index >= 15 is 0 Å². The van der Waals surface area contributed by atoms with Crippen LogP contribution in [0.4, 0.5) is 5.82 Å². The van der Waals surface area contributed by atoms with Gasteiger partial charge in [-0.05, 0) is 32.6 Å². The van der Waals surface area contributed by atoms with Crippen molar-refractivity contribution in [1.82, 2.24) is 29.7 Å². The molecule has 1 aromatic carbocycles. The smallest absolute Gasteiger partial charge is 0.276 e. The van der Waals surface area contributed by atoms with Gasteiger partial charge in [0.05, 0.1) is 19.0 Å². The minimum Gasteiger partial charge on any atom is -0.496 e. The Kier molecular flexibility index (Phi) is 5.62. The van der Waals surface area contributed by atoms with Crippen LogP contribution in [0.3, 0.4) is 0 Å². The summed E-state index contributed by atoms with van der Waals surface area (Å²) in [7, 11) is 5.70. The first-order valence-electron chi connectivity index (χ1n) is 11.2. The van der Waals surface area contributed by atoms with E-state index in [1.165, 1.54) is 0 Å². The van der Waals surface area contributed by atoms with Crippen LogP contribution in [0.2, 0.25) is 0 Å². The third-order valence-corrected chi connectivity index (χ3v) is 6.41. The number of pyridine rings is 1. The van der Waals surface area contributed by atoms with Crippen molar-refractivity contribution in [1.29, 1.82) is 0 Å². The molecule has 1 fully saturated rings. The van der Waals surface area contributed by atoms with Crippen molar-refractivity contribution < 1.29 is 9.53 Å². The molecule has 0 aliphatic carbocycles. The number of rotatable bonds is 5. The highest BCUT2D eigenvalue weighted by Gasteiger charge is 2.30. The van der Waals surface area contributed by atoms with Crippen LogP contribution in [0.1, 0.15) is 16.9 Å². The Morgan fingerprint density at radius 1 is 1.21 bits per heavy atom. The van der Waals surface area contributed by atoms with E-state index in [0.717, 1.165) is 39.9 Å². The van der Waals surface area contributed by atoms with Crippen molar-refractivity contribution in [3.63, 3.8) is 0 Å². The Hall–Kier alpha value is -3.98. The number of likely N-dealkylation sites (tertiary alicyclic amines) is 1. The molecule has 1 aliphatic rings. The zero-order valence-corrected chi connectivity index (χ0v) is 19.4. The van der Waals surface area contributed by atoms with Crippen molar-refractivity contribution in [3.8, 4) is 28.1 Å². The number of methoxy groups -OCH3 is 1. The summed E-state index contributed by atoms with van der Waals surface area (Å²) in [4.78, 5) is 33.8. The fraction of sp³-hybridized carbons (Fsp3) is 0.280. The monoisotopic (exact) mass is 457 g/mol. The normalized spacial score (nSPS) is 15.9. The molecule has 1 unspecified atom stereocenters. The van der Waals surface area contributed by atoms with Gasteiger partial charge in [-0.25, -0.2) is 15.0 Å². The maximum atomic E-state index is 13.2. The average molecular weight is 458 g/mol. The van der Waals surface area contributed by atoms with Crippen molar-refractivity contribution in [2.24, 2.45) is 0 Å². The second-order valence-corrected chi connectivity index (χ2v) is 8.67. The SMILES string of the molecule is COc1ccccc1-c1c[nH]c2ncc(-c3cnc(N)c(C(=O)N4CCC(N(C)C)C4)n3)cc12. The van der Waals surface area contributed by atoms with Crippen LogP contribution in [0, 0.1) is 0 Å². The summed E-state index contributed by atoms with van der Waals surface area (Å²) in [5.41, 5.74) is 10.2. The molecule has 4 aromatic rings. The Morgan fingerprint density at radius 2 is 2.03 bits per heavy atom. The molecular weight excluding hydrogens is 430 g/mol. The number of nitrogens with two attached hydrogens (primary N) is 1. The average Bonchev–Trinajstić information content (AvgIpc) is 3.51. The highest BCUT2D eigenvalue weighted by Crippen LogP contribution is 2.35. The van der Waals surface area contributed by atoms with Gasteiger partial charge < -0.3 is 25.3 Å². The summed E-state index contributed by atoms with van der Waals surface area (Å²) in [6.07, 6.45) is 6.14. The van der Waals surface area contributed by atoms with Crippen LogP contribution >= 0.6 is 0 Å². The van der Waals surface area contributed by atoms with Crippen LogP contribution in [0.15, 0.2) is 48.9 Å². The molecule has 34 heavy (non-hydrogen) atoms. The van der Waals surface area contributed by atoms with Crippen LogP contribution in [0.25, 0.3) is 33.4 Å². The van der Waals surface area contributed by atoms with Gasteiger partial charge in [0, 0.05) is 53.6 Å². The molecule has 4 heterocycles. The molecule has 1 aliphatic heterocycles. The Labute approximate surface area is 197 Å². The van der Waals surface area contributed by atoms with Crippen LogP contribution < -0.4 is 10.5 Å². The number of benzene rings is 1.